The van der Waals surface area contributed by atoms with Gasteiger partial charge >= 0.3 is 11.9 Å². The first-order valence-electron chi connectivity index (χ1n) is 8.78. The molecule has 1 heterocycles. The van der Waals surface area contributed by atoms with Gasteiger partial charge in [-0.15, -0.1) is 0 Å². The number of benzene rings is 2. The van der Waals surface area contributed by atoms with Gasteiger partial charge in [-0.25, -0.2) is 4.79 Å². The zero-order valence-corrected chi connectivity index (χ0v) is 15.6. The van der Waals surface area contributed by atoms with Crippen LogP contribution >= 0.6 is 0 Å². The van der Waals surface area contributed by atoms with Gasteiger partial charge < -0.3 is 14.2 Å². The molecule has 3 rings (SSSR count). The van der Waals surface area contributed by atoms with Gasteiger partial charge in [-0.3, -0.25) is 4.79 Å². The van der Waals surface area contributed by atoms with Crippen LogP contribution in [0.1, 0.15) is 30.4 Å². The lowest BCUT2D eigenvalue weighted by Gasteiger charge is -2.40. The van der Waals surface area contributed by atoms with Crippen molar-refractivity contribution in [2.24, 2.45) is 0 Å². The number of methoxy groups -OCH3 is 2. The van der Waals surface area contributed by atoms with Crippen LogP contribution in [0.15, 0.2) is 66.4 Å². The van der Waals surface area contributed by atoms with Gasteiger partial charge in [-0.05, 0) is 35.8 Å². The molecule has 0 N–H and O–H groups in total. The smallest absolute Gasteiger partial charge is 0.373 e. The van der Waals surface area contributed by atoms with E-state index in [4.69, 9.17) is 14.2 Å². The third-order valence-electron chi connectivity index (χ3n) is 5.12. The minimum atomic E-state index is -0.937. The van der Waals surface area contributed by atoms with Gasteiger partial charge in [0.2, 0.25) is 5.76 Å². The number of cyclic esters (lactones) is 1. The highest BCUT2D eigenvalue weighted by Crippen LogP contribution is 2.47. The molecule has 5 nitrogen and oxygen atoms in total. The van der Waals surface area contributed by atoms with Crippen molar-refractivity contribution < 1.29 is 23.8 Å². The van der Waals surface area contributed by atoms with Crippen LogP contribution in [0.5, 0.6) is 5.75 Å². The van der Waals surface area contributed by atoms with E-state index in [2.05, 4.69) is 0 Å². The van der Waals surface area contributed by atoms with Crippen molar-refractivity contribution in [2.75, 3.05) is 14.2 Å². The lowest BCUT2D eigenvalue weighted by molar-refractivity contribution is -0.156. The number of hydrogen-bond donors (Lipinski definition) is 0. The molecule has 27 heavy (non-hydrogen) atoms. The molecule has 140 valence electrons. The van der Waals surface area contributed by atoms with Crippen molar-refractivity contribution in [3.05, 3.63) is 77.6 Å². The second-order valence-corrected chi connectivity index (χ2v) is 6.35. The molecular formula is C22H22O5. The van der Waals surface area contributed by atoms with Crippen molar-refractivity contribution in [3.8, 4) is 5.75 Å². The molecule has 2 aromatic rings. The van der Waals surface area contributed by atoms with E-state index in [9.17, 15) is 9.59 Å². The summed E-state index contributed by atoms with van der Waals surface area (Å²) in [4.78, 5) is 25.2. The van der Waals surface area contributed by atoms with Crippen LogP contribution < -0.4 is 4.74 Å². The molecule has 0 unspecified atom stereocenters. The lowest BCUT2D eigenvalue weighted by Crippen LogP contribution is -2.45. The van der Waals surface area contributed by atoms with Crippen molar-refractivity contribution in [3.63, 3.8) is 0 Å². The molecule has 5 heteroatoms. The van der Waals surface area contributed by atoms with Gasteiger partial charge in [0.15, 0.2) is 0 Å². The highest BCUT2D eigenvalue weighted by molar-refractivity contribution is 5.95. The molecule has 1 aliphatic rings. The summed E-state index contributed by atoms with van der Waals surface area (Å²) in [6, 6.07) is 17.0. The Bertz CT molecular complexity index is 854. The molecular weight excluding hydrogens is 344 g/mol. The van der Waals surface area contributed by atoms with Gasteiger partial charge in [0, 0.05) is 5.92 Å². The average molecular weight is 366 g/mol. The van der Waals surface area contributed by atoms with E-state index >= 15 is 0 Å². The normalized spacial score (nSPS) is 21.8. The van der Waals surface area contributed by atoms with Gasteiger partial charge in [-0.1, -0.05) is 49.4 Å². The molecule has 2 atom stereocenters. The van der Waals surface area contributed by atoms with E-state index in [0.29, 0.717) is 6.42 Å². The van der Waals surface area contributed by atoms with E-state index in [1.165, 1.54) is 7.11 Å². The molecule has 0 radical (unpaired) electrons. The van der Waals surface area contributed by atoms with Crippen molar-refractivity contribution in [2.45, 2.75) is 24.7 Å². The summed E-state index contributed by atoms with van der Waals surface area (Å²) in [6.07, 6.45) is 2.20. The SMILES string of the molecule is CC[C@@]1(c2ccccc2)C(=O)OC(C(=O)OC)=C[C@H]1c1ccc(OC)cc1. The van der Waals surface area contributed by atoms with Gasteiger partial charge in [0.1, 0.15) is 11.2 Å². The predicted octanol–water partition coefficient (Wildman–Crippen LogP) is 3.74. The Morgan fingerprint density at radius 1 is 1.07 bits per heavy atom. The van der Waals surface area contributed by atoms with Crippen molar-refractivity contribution >= 4 is 11.9 Å². The number of carbonyl (C=O) groups excluding carboxylic acids is 2. The average Bonchev–Trinajstić information content (AvgIpc) is 2.73. The maximum Gasteiger partial charge on any atom is 0.373 e. The molecule has 0 amide bonds. The van der Waals surface area contributed by atoms with E-state index in [0.717, 1.165) is 16.9 Å². The fourth-order valence-electron chi connectivity index (χ4n) is 3.65. The summed E-state index contributed by atoms with van der Waals surface area (Å²) in [6.45, 7) is 1.95. The number of carbonyl (C=O) groups is 2. The summed E-state index contributed by atoms with van der Waals surface area (Å²) in [5.74, 6) is -0.870. The van der Waals surface area contributed by atoms with Crippen LogP contribution in [0.4, 0.5) is 0 Å². The fourth-order valence-corrected chi connectivity index (χ4v) is 3.65. The Labute approximate surface area is 158 Å². The molecule has 0 bridgehead atoms. The van der Waals surface area contributed by atoms with E-state index in [1.807, 2.05) is 61.5 Å². The molecule has 0 aliphatic carbocycles. The van der Waals surface area contributed by atoms with Gasteiger partial charge in [-0.2, -0.15) is 0 Å². The maximum absolute atomic E-state index is 13.2. The third-order valence-corrected chi connectivity index (χ3v) is 5.12. The van der Waals surface area contributed by atoms with Crippen LogP contribution in [0.2, 0.25) is 0 Å². The first kappa shape index (κ1) is 18.7. The molecule has 1 aliphatic heterocycles. The number of hydrogen-bond acceptors (Lipinski definition) is 5. The van der Waals surface area contributed by atoms with E-state index in [-0.39, 0.29) is 11.7 Å². The number of rotatable bonds is 5. The Kier molecular flexibility index (Phi) is 5.31. The van der Waals surface area contributed by atoms with E-state index < -0.39 is 17.4 Å². The molecule has 0 fully saturated rings. The monoisotopic (exact) mass is 366 g/mol. The summed E-state index contributed by atoms with van der Waals surface area (Å²) in [5, 5.41) is 0. The highest BCUT2D eigenvalue weighted by atomic mass is 16.6. The van der Waals surface area contributed by atoms with Crippen LogP contribution in [0.3, 0.4) is 0 Å². The van der Waals surface area contributed by atoms with Crippen molar-refractivity contribution in [1.82, 2.24) is 0 Å². The first-order valence-corrected chi connectivity index (χ1v) is 8.78. The molecule has 0 aromatic heterocycles. The topological polar surface area (TPSA) is 61.8 Å². The minimum absolute atomic E-state index is 0.0803. The molecule has 0 saturated heterocycles. The Morgan fingerprint density at radius 3 is 2.30 bits per heavy atom. The highest BCUT2D eigenvalue weighted by Gasteiger charge is 2.51. The van der Waals surface area contributed by atoms with Crippen LogP contribution in [-0.2, 0) is 24.5 Å². The largest absolute Gasteiger partial charge is 0.497 e. The molecule has 0 saturated carbocycles. The zero-order chi connectivity index (χ0) is 19.4. The Hall–Kier alpha value is -3.08. The fraction of sp³-hybridized carbons (Fsp3) is 0.273. The quantitative estimate of drug-likeness (QED) is 0.755. The maximum atomic E-state index is 13.2. The predicted molar refractivity (Wildman–Crippen MR) is 100 cm³/mol. The van der Waals surface area contributed by atoms with Gasteiger partial charge in [0.05, 0.1) is 14.2 Å². The third kappa shape index (κ3) is 3.21. The second kappa shape index (κ2) is 7.66. The van der Waals surface area contributed by atoms with Crippen LogP contribution in [-0.4, -0.2) is 26.2 Å². The number of ether oxygens (including phenoxy) is 3. The number of allylic oxidation sites excluding steroid dienone is 1. The summed E-state index contributed by atoms with van der Waals surface area (Å²) in [5.41, 5.74) is 0.797. The first-order chi connectivity index (χ1) is 13.1. The summed E-state index contributed by atoms with van der Waals surface area (Å²) >= 11 is 0. The number of esters is 2. The van der Waals surface area contributed by atoms with E-state index in [1.54, 1.807) is 13.2 Å². The molecule has 2 aromatic carbocycles. The lowest BCUT2D eigenvalue weighted by atomic mass is 9.64. The van der Waals surface area contributed by atoms with Crippen LogP contribution in [0.25, 0.3) is 0 Å². The standard InChI is InChI=1S/C22H22O5/c1-4-22(16-8-6-5-7-9-16)18(15-10-12-17(25-2)13-11-15)14-19(20(23)26-3)27-21(22)24/h5-14,18H,4H2,1-3H3/t18-,22-/m0/s1. The Balaban J connectivity index is 2.21. The summed E-state index contributed by atoms with van der Waals surface area (Å²) < 4.78 is 15.4. The van der Waals surface area contributed by atoms with Gasteiger partial charge in [0.25, 0.3) is 0 Å². The summed E-state index contributed by atoms with van der Waals surface area (Å²) in [7, 11) is 2.86. The zero-order valence-electron chi connectivity index (χ0n) is 15.6. The van der Waals surface area contributed by atoms with Crippen molar-refractivity contribution in [1.29, 1.82) is 0 Å². The molecule has 0 spiro atoms. The van der Waals surface area contributed by atoms with Crippen LogP contribution in [0, 0.1) is 0 Å². The Morgan fingerprint density at radius 2 is 1.74 bits per heavy atom. The minimum Gasteiger partial charge on any atom is -0.497 e. The second-order valence-electron chi connectivity index (χ2n) is 6.35.